The van der Waals surface area contributed by atoms with Crippen LogP contribution in [-0.2, 0) is 23.4 Å². The van der Waals surface area contributed by atoms with E-state index in [2.05, 4.69) is 15.3 Å². The van der Waals surface area contributed by atoms with Gasteiger partial charge in [0.1, 0.15) is 23.4 Å². The first-order chi connectivity index (χ1) is 15.2. The fraction of sp³-hybridized carbons (Fsp3) is 0.409. The van der Waals surface area contributed by atoms with Crippen molar-refractivity contribution in [1.82, 2.24) is 15.3 Å². The lowest BCUT2D eigenvalue weighted by Crippen LogP contribution is -2.40. The second-order valence-electron chi connectivity index (χ2n) is 7.65. The molecule has 9 heteroatoms. The van der Waals surface area contributed by atoms with Crippen molar-refractivity contribution in [2.45, 2.75) is 37.5 Å². The highest BCUT2D eigenvalue weighted by Crippen LogP contribution is 2.34. The summed E-state index contributed by atoms with van der Waals surface area (Å²) >= 11 is 3.24. The SMILES string of the molecule is O=C(CCSCc1nc2sc3c(c2c(=O)[nH]1)CCC3)NC[C@@H]1COc2ccccc2O1. The monoisotopic (exact) mass is 457 g/mol. The van der Waals surface area contributed by atoms with Crippen LogP contribution in [0.4, 0.5) is 0 Å². The molecule has 1 aliphatic carbocycles. The smallest absolute Gasteiger partial charge is 0.259 e. The number of hydrogen-bond acceptors (Lipinski definition) is 7. The maximum atomic E-state index is 12.5. The Morgan fingerprint density at radius 3 is 3.06 bits per heavy atom. The van der Waals surface area contributed by atoms with Crippen molar-refractivity contribution in [2.24, 2.45) is 0 Å². The van der Waals surface area contributed by atoms with Crippen molar-refractivity contribution < 1.29 is 14.3 Å². The zero-order chi connectivity index (χ0) is 21.2. The summed E-state index contributed by atoms with van der Waals surface area (Å²) in [5.41, 5.74) is 1.16. The molecule has 0 spiro atoms. The Balaban J connectivity index is 1.06. The Bertz CT molecular complexity index is 1170. The van der Waals surface area contributed by atoms with Gasteiger partial charge < -0.3 is 19.8 Å². The van der Waals surface area contributed by atoms with Crippen LogP contribution in [-0.4, -0.2) is 40.9 Å². The van der Waals surface area contributed by atoms with Gasteiger partial charge in [-0.3, -0.25) is 9.59 Å². The molecular weight excluding hydrogens is 434 g/mol. The van der Waals surface area contributed by atoms with E-state index in [4.69, 9.17) is 9.47 Å². The number of ether oxygens (including phenoxy) is 2. The summed E-state index contributed by atoms with van der Waals surface area (Å²) in [5.74, 6) is 3.32. The van der Waals surface area contributed by atoms with Gasteiger partial charge in [0, 0.05) is 17.1 Å². The molecule has 7 nitrogen and oxygen atoms in total. The van der Waals surface area contributed by atoms with E-state index in [1.165, 1.54) is 10.4 Å². The number of aryl methyl sites for hydroxylation is 2. The topological polar surface area (TPSA) is 93.3 Å². The number of thiophene rings is 1. The predicted molar refractivity (Wildman–Crippen MR) is 122 cm³/mol. The van der Waals surface area contributed by atoms with Crippen LogP contribution in [0.3, 0.4) is 0 Å². The number of fused-ring (bicyclic) bond motifs is 4. The van der Waals surface area contributed by atoms with E-state index in [9.17, 15) is 9.59 Å². The van der Waals surface area contributed by atoms with Gasteiger partial charge in [0.15, 0.2) is 11.5 Å². The van der Waals surface area contributed by atoms with Gasteiger partial charge in [0.2, 0.25) is 5.91 Å². The number of H-pyrrole nitrogens is 1. The van der Waals surface area contributed by atoms with E-state index >= 15 is 0 Å². The van der Waals surface area contributed by atoms with E-state index in [1.54, 1.807) is 23.1 Å². The fourth-order valence-electron chi connectivity index (χ4n) is 3.93. The molecule has 1 atom stereocenters. The largest absolute Gasteiger partial charge is 0.486 e. The molecule has 3 heterocycles. The third-order valence-electron chi connectivity index (χ3n) is 5.43. The Morgan fingerprint density at radius 2 is 2.16 bits per heavy atom. The predicted octanol–water partition coefficient (Wildman–Crippen LogP) is 3.05. The average molecular weight is 458 g/mol. The third kappa shape index (κ3) is 4.43. The van der Waals surface area contributed by atoms with E-state index < -0.39 is 0 Å². The van der Waals surface area contributed by atoms with Crippen LogP contribution >= 0.6 is 23.1 Å². The lowest BCUT2D eigenvalue weighted by Gasteiger charge is -2.26. The molecule has 0 fully saturated rings. The molecule has 0 bridgehead atoms. The van der Waals surface area contributed by atoms with Crippen LogP contribution in [0.5, 0.6) is 11.5 Å². The minimum Gasteiger partial charge on any atom is -0.486 e. The number of aromatic amines is 1. The van der Waals surface area contributed by atoms with Crippen LogP contribution < -0.4 is 20.3 Å². The van der Waals surface area contributed by atoms with Crippen LogP contribution in [0, 0.1) is 0 Å². The van der Waals surface area contributed by atoms with Crippen LogP contribution in [0.15, 0.2) is 29.1 Å². The lowest BCUT2D eigenvalue weighted by atomic mass is 10.2. The molecule has 1 aromatic carbocycles. The molecule has 2 N–H and O–H groups in total. The molecule has 31 heavy (non-hydrogen) atoms. The van der Waals surface area contributed by atoms with Gasteiger partial charge >= 0.3 is 0 Å². The number of thioether (sulfide) groups is 1. The average Bonchev–Trinajstić information content (AvgIpc) is 3.36. The number of aromatic nitrogens is 2. The minimum absolute atomic E-state index is 0.0263. The molecule has 2 aliphatic rings. The number of nitrogens with one attached hydrogen (secondary N) is 2. The first-order valence-electron chi connectivity index (χ1n) is 10.4. The molecule has 0 unspecified atom stereocenters. The van der Waals surface area contributed by atoms with E-state index in [-0.39, 0.29) is 17.6 Å². The van der Waals surface area contributed by atoms with Gasteiger partial charge in [0.05, 0.1) is 17.7 Å². The summed E-state index contributed by atoms with van der Waals surface area (Å²) in [6, 6.07) is 7.52. The zero-order valence-corrected chi connectivity index (χ0v) is 18.6. The second kappa shape index (κ2) is 8.92. The van der Waals surface area contributed by atoms with Gasteiger partial charge in [-0.15, -0.1) is 11.3 Å². The normalized spacial score (nSPS) is 17.0. The minimum atomic E-state index is -0.195. The molecule has 0 saturated heterocycles. The maximum absolute atomic E-state index is 12.5. The maximum Gasteiger partial charge on any atom is 0.259 e. The summed E-state index contributed by atoms with van der Waals surface area (Å²) in [4.78, 5) is 34.4. The molecule has 0 saturated carbocycles. The number of para-hydroxylation sites is 2. The quantitative estimate of drug-likeness (QED) is 0.530. The van der Waals surface area contributed by atoms with E-state index in [1.807, 2.05) is 24.3 Å². The third-order valence-corrected chi connectivity index (χ3v) is 7.59. The Kier molecular flexibility index (Phi) is 5.87. The Hall–Kier alpha value is -2.52. The molecule has 1 aliphatic heterocycles. The van der Waals surface area contributed by atoms with Gasteiger partial charge in [-0.1, -0.05) is 12.1 Å². The number of rotatable bonds is 7. The van der Waals surface area contributed by atoms with Gasteiger partial charge in [-0.05, 0) is 37.0 Å². The number of amides is 1. The number of nitrogens with zero attached hydrogens (tertiary/aromatic N) is 1. The summed E-state index contributed by atoms with van der Waals surface area (Å²) in [6.07, 6.45) is 3.37. The van der Waals surface area contributed by atoms with Gasteiger partial charge in [-0.25, -0.2) is 4.98 Å². The van der Waals surface area contributed by atoms with Crippen LogP contribution in [0.1, 0.15) is 29.1 Å². The summed E-state index contributed by atoms with van der Waals surface area (Å²) < 4.78 is 11.5. The molecule has 5 rings (SSSR count). The highest BCUT2D eigenvalue weighted by Gasteiger charge is 2.22. The highest BCUT2D eigenvalue weighted by atomic mass is 32.2. The van der Waals surface area contributed by atoms with Crippen molar-refractivity contribution in [3.63, 3.8) is 0 Å². The Labute approximate surface area is 187 Å². The van der Waals surface area contributed by atoms with Crippen LogP contribution in [0.25, 0.3) is 10.2 Å². The Morgan fingerprint density at radius 1 is 1.29 bits per heavy atom. The summed E-state index contributed by atoms with van der Waals surface area (Å²) in [7, 11) is 0. The molecule has 162 valence electrons. The van der Waals surface area contributed by atoms with Crippen molar-refractivity contribution in [1.29, 1.82) is 0 Å². The molecule has 2 aromatic heterocycles. The fourth-order valence-corrected chi connectivity index (χ4v) is 6.01. The zero-order valence-electron chi connectivity index (χ0n) is 16.9. The first kappa shape index (κ1) is 20.4. The van der Waals surface area contributed by atoms with Crippen molar-refractivity contribution in [3.8, 4) is 11.5 Å². The number of benzene rings is 1. The van der Waals surface area contributed by atoms with Crippen molar-refractivity contribution >= 4 is 39.2 Å². The number of carbonyl (C=O) groups is 1. The first-order valence-corrected chi connectivity index (χ1v) is 12.4. The molecular formula is C22H23N3O4S2. The van der Waals surface area contributed by atoms with Crippen molar-refractivity contribution in [2.75, 3.05) is 18.9 Å². The van der Waals surface area contributed by atoms with Gasteiger partial charge in [-0.2, -0.15) is 11.8 Å². The van der Waals surface area contributed by atoms with Crippen LogP contribution in [0.2, 0.25) is 0 Å². The molecule has 3 aromatic rings. The molecule has 1 amide bonds. The lowest BCUT2D eigenvalue weighted by molar-refractivity contribution is -0.121. The summed E-state index contributed by atoms with van der Waals surface area (Å²) in [6.45, 7) is 0.826. The number of hydrogen-bond donors (Lipinski definition) is 2. The summed E-state index contributed by atoms with van der Waals surface area (Å²) in [5, 5.41) is 3.69. The van der Waals surface area contributed by atoms with E-state index in [0.29, 0.717) is 42.7 Å². The van der Waals surface area contributed by atoms with Crippen molar-refractivity contribution in [3.05, 3.63) is 50.9 Å². The van der Waals surface area contributed by atoms with Gasteiger partial charge in [0.25, 0.3) is 5.56 Å². The number of carbonyl (C=O) groups excluding carboxylic acids is 1. The highest BCUT2D eigenvalue weighted by molar-refractivity contribution is 7.98. The second-order valence-corrected chi connectivity index (χ2v) is 9.84. The standard InChI is InChI=1S/C22H23N3O4S2/c26-19(23-10-13-11-28-15-5-1-2-6-16(15)29-13)8-9-30-12-18-24-21(27)20-14-4-3-7-17(14)31-22(20)25-18/h1-2,5-6,13H,3-4,7-12H2,(H,23,26)(H,24,25,27)/t13-/m1/s1. The molecule has 0 radical (unpaired) electrons. The van der Waals surface area contributed by atoms with E-state index in [0.717, 1.165) is 35.2 Å².